The molecule has 0 fully saturated rings. The van der Waals surface area contributed by atoms with E-state index in [1.54, 1.807) is 0 Å². The van der Waals surface area contributed by atoms with Gasteiger partial charge in [-0.1, -0.05) is 33.6 Å². The highest BCUT2D eigenvalue weighted by Gasteiger charge is 2.19. The second-order valence-electron chi connectivity index (χ2n) is 4.06. The number of carbonyl (C=O) groups is 2. The predicted octanol–water partition coefficient (Wildman–Crippen LogP) is 1.09. The summed E-state index contributed by atoms with van der Waals surface area (Å²) in [4.78, 5) is 24.5. The molecular formula is C12H24N2O3. The Balaban J connectivity index is 4.15. The van der Waals surface area contributed by atoms with E-state index in [9.17, 15) is 9.59 Å². The quantitative estimate of drug-likeness (QED) is 0.637. The van der Waals surface area contributed by atoms with Crippen molar-refractivity contribution in [2.24, 2.45) is 0 Å². The minimum absolute atomic E-state index is 0.211. The summed E-state index contributed by atoms with van der Waals surface area (Å²) in [5.74, 6) is -1.16. The fraction of sp³-hybridized carbons (Fsp3) is 0.833. The second kappa shape index (κ2) is 8.98. The Morgan fingerprint density at radius 3 is 2.24 bits per heavy atom. The molecule has 0 saturated heterocycles. The number of hydrogen-bond acceptors (Lipinski definition) is 3. The lowest BCUT2D eigenvalue weighted by Gasteiger charge is -2.19. The number of carboxylic acids is 1. The molecule has 1 atom stereocenters. The highest BCUT2D eigenvalue weighted by atomic mass is 16.4. The van der Waals surface area contributed by atoms with Crippen LogP contribution in [0.1, 0.15) is 40.0 Å². The van der Waals surface area contributed by atoms with Crippen molar-refractivity contribution in [3.8, 4) is 0 Å². The lowest BCUT2D eigenvalue weighted by atomic mass is 10.1. The van der Waals surface area contributed by atoms with Crippen LogP contribution in [0.15, 0.2) is 0 Å². The Morgan fingerprint density at radius 1 is 1.24 bits per heavy atom. The summed E-state index contributed by atoms with van der Waals surface area (Å²) in [6, 6.07) is -0.752. The van der Waals surface area contributed by atoms with Crippen molar-refractivity contribution in [2.75, 3.05) is 19.6 Å². The molecule has 0 heterocycles. The highest BCUT2D eigenvalue weighted by Crippen LogP contribution is 2.01. The average molecular weight is 244 g/mol. The van der Waals surface area contributed by atoms with E-state index >= 15 is 0 Å². The van der Waals surface area contributed by atoms with Crippen molar-refractivity contribution in [1.29, 1.82) is 0 Å². The van der Waals surface area contributed by atoms with Crippen LogP contribution < -0.4 is 5.32 Å². The number of likely N-dealkylation sites (N-methyl/N-ethyl adjacent to an activating group) is 1. The van der Waals surface area contributed by atoms with Crippen LogP contribution in [0.5, 0.6) is 0 Å². The minimum Gasteiger partial charge on any atom is -0.480 e. The third-order valence-electron chi connectivity index (χ3n) is 2.74. The molecule has 0 saturated carbocycles. The second-order valence-corrected chi connectivity index (χ2v) is 4.06. The number of amides is 1. The number of carboxylic acid groups (broad SMARTS) is 1. The van der Waals surface area contributed by atoms with Crippen molar-refractivity contribution in [1.82, 2.24) is 10.2 Å². The molecule has 0 spiro atoms. The van der Waals surface area contributed by atoms with Crippen LogP contribution in [0.25, 0.3) is 0 Å². The number of hydrogen-bond donors (Lipinski definition) is 2. The SMILES string of the molecule is CCCCC(NC(=O)CN(CC)CC)C(=O)O. The first-order valence-corrected chi connectivity index (χ1v) is 6.29. The molecule has 100 valence electrons. The number of aliphatic carboxylic acids is 1. The molecule has 0 bridgehead atoms. The smallest absolute Gasteiger partial charge is 0.326 e. The zero-order chi connectivity index (χ0) is 13.3. The standard InChI is InChI=1S/C12H24N2O3/c1-4-7-8-10(12(16)17)13-11(15)9-14(5-2)6-3/h10H,4-9H2,1-3H3,(H,13,15)(H,16,17). The maximum Gasteiger partial charge on any atom is 0.326 e. The van der Waals surface area contributed by atoms with Crippen molar-refractivity contribution in [3.05, 3.63) is 0 Å². The van der Waals surface area contributed by atoms with Crippen LogP contribution in [0.2, 0.25) is 0 Å². The Kier molecular flexibility index (Phi) is 8.40. The van der Waals surface area contributed by atoms with Gasteiger partial charge in [0.2, 0.25) is 5.91 Å². The van der Waals surface area contributed by atoms with Crippen LogP contribution >= 0.6 is 0 Å². The van der Waals surface area contributed by atoms with Gasteiger partial charge in [0.1, 0.15) is 6.04 Å². The van der Waals surface area contributed by atoms with Gasteiger partial charge in [-0.15, -0.1) is 0 Å². The van der Waals surface area contributed by atoms with Gasteiger partial charge < -0.3 is 10.4 Å². The summed E-state index contributed by atoms with van der Waals surface area (Å²) in [5.41, 5.74) is 0. The first-order valence-electron chi connectivity index (χ1n) is 6.29. The molecule has 0 aromatic carbocycles. The Morgan fingerprint density at radius 2 is 1.82 bits per heavy atom. The molecule has 0 rings (SSSR count). The lowest BCUT2D eigenvalue weighted by Crippen LogP contribution is -2.45. The van der Waals surface area contributed by atoms with Crippen molar-refractivity contribution >= 4 is 11.9 Å². The van der Waals surface area contributed by atoms with Gasteiger partial charge in [0.25, 0.3) is 0 Å². The molecule has 5 nitrogen and oxygen atoms in total. The first-order chi connectivity index (χ1) is 8.04. The molecule has 2 N–H and O–H groups in total. The van der Waals surface area contributed by atoms with E-state index in [2.05, 4.69) is 5.32 Å². The zero-order valence-corrected chi connectivity index (χ0v) is 11.0. The highest BCUT2D eigenvalue weighted by molar-refractivity contribution is 5.84. The van der Waals surface area contributed by atoms with Gasteiger partial charge in [-0.05, 0) is 19.5 Å². The van der Waals surface area contributed by atoms with E-state index in [1.807, 2.05) is 25.7 Å². The Bertz CT molecular complexity index is 240. The third kappa shape index (κ3) is 6.94. The summed E-state index contributed by atoms with van der Waals surface area (Å²) in [7, 11) is 0. The van der Waals surface area contributed by atoms with E-state index in [-0.39, 0.29) is 12.5 Å². The van der Waals surface area contributed by atoms with Crippen LogP contribution in [0.3, 0.4) is 0 Å². The fourth-order valence-corrected chi connectivity index (χ4v) is 1.56. The van der Waals surface area contributed by atoms with Crippen LogP contribution in [-0.2, 0) is 9.59 Å². The van der Waals surface area contributed by atoms with Gasteiger partial charge >= 0.3 is 5.97 Å². The van der Waals surface area contributed by atoms with E-state index in [0.29, 0.717) is 6.42 Å². The van der Waals surface area contributed by atoms with Gasteiger partial charge in [-0.3, -0.25) is 9.69 Å². The van der Waals surface area contributed by atoms with E-state index in [0.717, 1.165) is 25.9 Å². The van der Waals surface area contributed by atoms with Crippen molar-refractivity contribution in [2.45, 2.75) is 46.1 Å². The minimum atomic E-state index is -0.952. The molecule has 0 aliphatic rings. The van der Waals surface area contributed by atoms with Gasteiger partial charge in [0.15, 0.2) is 0 Å². The number of nitrogens with one attached hydrogen (secondary N) is 1. The molecule has 5 heteroatoms. The van der Waals surface area contributed by atoms with Crippen LogP contribution in [0, 0.1) is 0 Å². The van der Waals surface area contributed by atoms with E-state index in [4.69, 9.17) is 5.11 Å². The molecular weight excluding hydrogens is 220 g/mol. The van der Waals surface area contributed by atoms with Gasteiger partial charge in [-0.25, -0.2) is 4.79 Å². The Hall–Kier alpha value is -1.10. The summed E-state index contributed by atoms with van der Waals surface area (Å²) in [6.07, 6.45) is 2.23. The van der Waals surface area contributed by atoms with Gasteiger partial charge in [-0.2, -0.15) is 0 Å². The van der Waals surface area contributed by atoms with Crippen LogP contribution in [-0.4, -0.2) is 47.6 Å². The topological polar surface area (TPSA) is 69.6 Å². The summed E-state index contributed by atoms with van der Waals surface area (Å²) in [5, 5.41) is 11.5. The Labute approximate surface area is 103 Å². The monoisotopic (exact) mass is 244 g/mol. The molecule has 1 unspecified atom stereocenters. The summed E-state index contributed by atoms with van der Waals surface area (Å²) < 4.78 is 0. The largest absolute Gasteiger partial charge is 0.480 e. The average Bonchev–Trinajstić information content (AvgIpc) is 2.30. The van der Waals surface area contributed by atoms with Crippen molar-refractivity contribution < 1.29 is 14.7 Å². The number of carbonyl (C=O) groups excluding carboxylic acids is 1. The van der Waals surface area contributed by atoms with E-state index in [1.165, 1.54) is 0 Å². The molecule has 17 heavy (non-hydrogen) atoms. The fourth-order valence-electron chi connectivity index (χ4n) is 1.56. The molecule has 0 aliphatic carbocycles. The lowest BCUT2D eigenvalue weighted by molar-refractivity contribution is -0.142. The molecule has 0 aliphatic heterocycles. The number of nitrogens with zero attached hydrogens (tertiary/aromatic N) is 1. The third-order valence-corrected chi connectivity index (χ3v) is 2.74. The zero-order valence-electron chi connectivity index (χ0n) is 11.0. The summed E-state index contributed by atoms with van der Waals surface area (Å²) >= 11 is 0. The van der Waals surface area contributed by atoms with Gasteiger partial charge in [0.05, 0.1) is 6.54 Å². The predicted molar refractivity (Wildman–Crippen MR) is 66.9 cm³/mol. The maximum absolute atomic E-state index is 11.6. The molecule has 0 aromatic heterocycles. The number of rotatable bonds is 9. The molecule has 0 radical (unpaired) electrons. The maximum atomic E-state index is 11.6. The van der Waals surface area contributed by atoms with Crippen molar-refractivity contribution in [3.63, 3.8) is 0 Å². The molecule has 0 aromatic rings. The molecule has 1 amide bonds. The summed E-state index contributed by atoms with van der Waals surface area (Å²) in [6.45, 7) is 7.79. The van der Waals surface area contributed by atoms with Crippen LogP contribution in [0.4, 0.5) is 0 Å². The van der Waals surface area contributed by atoms with E-state index < -0.39 is 12.0 Å². The normalized spacial score (nSPS) is 12.5. The first kappa shape index (κ1) is 15.9. The van der Waals surface area contributed by atoms with Gasteiger partial charge in [0, 0.05) is 0 Å². The number of unbranched alkanes of at least 4 members (excludes halogenated alkanes) is 1.